The first kappa shape index (κ1) is 10.6. The first-order chi connectivity index (χ1) is 6.60. The van der Waals surface area contributed by atoms with Crippen LogP contribution >= 0.6 is 0 Å². The molecule has 2 rings (SSSR count). The second kappa shape index (κ2) is 3.93. The minimum Gasteiger partial charge on any atom is -0.311 e. The van der Waals surface area contributed by atoms with Crippen molar-refractivity contribution in [3.8, 4) is 0 Å². The minimum absolute atomic E-state index is 0.521. The van der Waals surface area contributed by atoms with Gasteiger partial charge in [-0.3, -0.25) is 4.21 Å². The van der Waals surface area contributed by atoms with Crippen molar-refractivity contribution in [3.05, 3.63) is 0 Å². The van der Waals surface area contributed by atoms with Crippen LogP contribution in [0.1, 0.15) is 39.5 Å². The number of nitrogens with one attached hydrogen (secondary N) is 1. The Balaban J connectivity index is 1.77. The molecule has 1 aliphatic heterocycles. The van der Waals surface area contributed by atoms with E-state index in [0.717, 1.165) is 24.3 Å². The molecule has 0 aromatic rings. The predicted molar refractivity (Wildman–Crippen MR) is 60.8 cm³/mol. The highest BCUT2D eigenvalue weighted by atomic mass is 32.2. The molecule has 0 spiro atoms. The van der Waals surface area contributed by atoms with Gasteiger partial charge in [-0.2, -0.15) is 0 Å². The van der Waals surface area contributed by atoms with Gasteiger partial charge in [-0.05, 0) is 38.0 Å². The van der Waals surface area contributed by atoms with E-state index in [1.165, 1.54) is 12.8 Å². The summed E-state index contributed by atoms with van der Waals surface area (Å²) in [5, 5.41) is 3.71. The zero-order chi connectivity index (χ0) is 10.2. The summed E-state index contributed by atoms with van der Waals surface area (Å²) in [6.07, 6.45) is 4.96. The van der Waals surface area contributed by atoms with Crippen LogP contribution in [0.2, 0.25) is 0 Å². The van der Waals surface area contributed by atoms with Crippen LogP contribution in [0, 0.1) is 5.41 Å². The lowest BCUT2D eigenvalue weighted by Gasteiger charge is -2.29. The molecule has 2 aliphatic rings. The SMILES string of the molecule is CC(NC1CCS(=O)CC1)C1(C)CC1. The summed E-state index contributed by atoms with van der Waals surface area (Å²) in [6, 6.07) is 1.26. The summed E-state index contributed by atoms with van der Waals surface area (Å²) < 4.78 is 11.2. The van der Waals surface area contributed by atoms with Gasteiger partial charge in [-0.25, -0.2) is 0 Å². The molecule has 0 amide bonds. The maximum Gasteiger partial charge on any atom is 0.0249 e. The predicted octanol–water partition coefficient (Wildman–Crippen LogP) is 1.68. The molecule has 14 heavy (non-hydrogen) atoms. The molecule has 0 bridgehead atoms. The second-order valence-electron chi connectivity index (χ2n) is 5.16. The fourth-order valence-corrected chi connectivity index (χ4v) is 3.44. The van der Waals surface area contributed by atoms with Crippen LogP contribution in [0.15, 0.2) is 0 Å². The quantitative estimate of drug-likeness (QED) is 0.776. The molecule has 2 fully saturated rings. The monoisotopic (exact) mass is 215 g/mol. The Bertz CT molecular complexity index is 227. The fourth-order valence-electron chi connectivity index (χ4n) is 2.15. The summed E-state index contributed by atoms with van der Waals surface area (Å²) in [5.74, 6) is 1.81. The number of hydrogen-bond donors (Lipinski definition) is 1. The van der Waals surface area contributed by atoms with E-state index in [4.69, 9.17) is 0 Å². The van der Waals surface area contributed by atoms with Gasteiger partial charge in [0, 0.05) is 34.4 Å². The van der Waals surface area contributed by atoms with Gasteiger partial charge >= 0.3 is 0 Å². The molecular formula is C11H21NOS. The van der Waals surface area contributed by atoms with Gasteiger partial charge in [0.15, 0.2) is 0 Å². The van der Waals surface area contributed by atoms with Crippen molar-refractivity contribution in [1.82, 2.24) is 5.32 Å². The van der Waals surface area contributed by atoms with Crippen LogP contribution in [-0.2, 0) is 10.8 Å². The Labute approximate surface area is 89.3 Å². The lowest BCUT2D eigenvalue weighted by molar-refractivity contribution is 0.326. The van der Waals surface area contributed by atoms with Gasteiger partial charge in [0.1, 0.15) is 0 Å². The van der Waals surface area contributed by atoms with Crippen LogP contribution in [0.25, 0.3) is 0 Å². The first-order valence-electron chi connectivity index (χ1n) is 5.71. The molecule has 2 nitrogen and oxygen atoms in total. The van der Waals surface area contributed by atoms with Crippen molar-refractivity contribution in [2.24, 2.45) is 5.41 Å². The smallest absolute Gasteiger partial charge is 0.0249 e. The average molecular weight is 215 g/mol. The van der Waals surface area contributed by atoms with Crippen molar-refractivity contribution in [2.75, 3.05) is 11.5 Å². The van der Waals surface area contributed by atoms with Crippen LogP contribution in [0.5, 0.6) is 0 Å². The van der Waals surface area contributed by atoms with E-state index >= 15 is 0 Å². The summed E-state index contributed by atoms with van der Waals surface area (Å²) in [6.45, 7) is 4.67. The highest BCUT2D eigenvalue weighted by Gasteiger charge is 2.43. The lowest BCUT2D eigenvalue weighted by atomic mass is 9.99. The molecule has 1 unspecified atom stereocenters. The van der Waals surface area contributed by atoms with Crippen LogP contribution in [0.3, 0.4) is 0 Å². The van der Waals surface area contributed by atoms with Crippen molar-refractivity contribution in [1.29, 1.82) is 0 Å². The standard InChI is InChI=1S/C11H21NOS/c1-9(11(2)5-6-11)12-10-3-7-14(13)8-4-10/h9-10,12H,3-8H2,1-2H3. The van der Waals surface area contributed by atoms with Crippen LogP contribution in [-0.4, -0.2) is 27.8 Å². The summed E-state index contributed by atoms with van der Waals surface area (Å²) in [7, 11) is -0.521. The van der Waals surface area contributed by atoms with Crippen molar-refractivity contribution in [2.45, 2.75) is 51.6 Å². The zero-order valence-electron chi connectivity index (χ0n) is 9.21. The van der Waals surface area contributed by atoms with Crippen LogP contribution < -0.4 is 5.32 Å². The molecule has 1 atom stereocenters. The third kappa shape index (κ3) is 2.37. The number of hydrogen-bond acceptors (Lipinski definition) is 2. The molecule has 1 heterocycles. The van der Waals surface area contributed by atoms with Crippen molar-refractivity contribution >= 4 is 10.8 Å². The largest absolute Gasteiger partial charge is 0.311 e. The highest BCUT2D eigenvalue weighted by Crippen LogP contribution is 2.48. The normalized spacial score (nSPS) is 37.9. The van der Waals surface area contributed by atoms with E-state index < -0.39 is 10.8 Å². The van der Waals surface area contributed by atoms with E-state index in [2.05, 4.69) is 19.2 Å². The summed E-state index contributed by atoms with van der Waals surface area (Å²) in [5.41, 5.74) is 0.566. The average Bonchev–Trinajstić information content (AvgIpc) is 2.89. The maximum atomic E-state index is 11.2. The third-order valence-electron chi connectivity index (χ3n) is 3.96. The van der Waals surface area contributed by atoms with Crippen LogP contribution in [0.4, 0.5) is 0 Å². The maximum absolute atomic E-state index is 11.2. The van der Waals surface area contributed by atoms with Crippen molar-refractivity contribution < 1.29 is 4.21 Å². The van der Waals surface area contributed by atoms with Gasteiger partial charge in [0.2, 0.25) is 0 Å². The van der Waals surface area contributed by atoms with Gasteiger partial charge in [0.25, 0.3) is 0 Å². The minimum atomic E-state index is -0.521. The van der Waals surface area contributed by atoms with Gasteiger partial charge < -0.3 is 5.32 Å². The molecule has 0 aromatic carbocycles. The zero-order valence-corrected chi connectivity index (χ0v) is 10.0. The van der Waals surface area contributed by atoms with E-state index in [1.807, 2.05) is 0 Å². The second-order valence-corrected chi connectivity index (χ2v) is 6.86. The molecule has 1 saturated carbocycles. The molecule has 82 valence electrons. The molecule has 1 N–H and O–H groups in total. The van der Waals surface area contributed by atoms with E-state index in [0.29, 0.717) is 17.5 Å². The highest BCUT2D eigenvalue weighted by molar-refractivity contribution is 7.85. The topological polar surface area (TPSA) is 29.1 Å². The Kier molecular flexibility index (Phi) is 2.98. The van der Waals surface area contributed by atoms with Gasteiger partial charge in [-0.15, -0.1) is 0 Å². The van der Waals surface area contributed by atoms with Crippen molar-refractivity contribution in [3.63, 3.8) is 0 Å². The summed E-state index contributed by atoms with van der Waals surface area (Å²) in [4.78, 5) is 0. The van der Waals surface area contributed by atoms with Gasteiger partial charge in [-0.1, -0.05) is 6.92 Å². The Morgan fingerprint density at radius 1 is 1.36 bits per heavy atom. The molecule has 0 radical (unpaired) electrons. The lowest BCUT2D eigenvalue weighted by Crippen LogP contribution is -2.44. The van der Waals surface area contributed by atoms with Gasteiger partial charge in [0.05, 0.1) is 0 Å². The fraction of sp³-hybridized carbons (Fsp3) is 1.00. The number of rotatable bonds is 3. The Morgan fingerprint density at radius 2 is 1.93 bits per heavy atom. The summed E-state index contributed by atoms with van der Waals surface area (Å²) >= 11 is 0. The third-order valence-corrected chi connectivity index (χ3v) is 5.34. The molecule has 3 heteroatoms. The van der Waals surface area contributed by atoms with E-state index in [9.17, 15) is 4.21 Å². The molecule has 1 saturated heterocycles. The Morgan fingerprint density at radius 3 is 2.43 bits per heavy atom. The molecule has 1 aliphatic carbocycles. The first-order valence-corrected chi connectivity index (χ1v) is 7.20. The van der Waals surface area contributed by atoms with E-state index in [1.54, 1.807) is 0 Å². The molecule has 0 aromatic heterocycles. The molecular weight excluding hydrogens is 194 g/mol. The Hall–Kier alpha value is 0.110. The van der Waals surface area contributed by atoms with E-state index in [-0.39, 0.29) is 0 Å².